The van der Waals surface area contributed by atoms with Crippen LogP contribution in [0.25, 0.3) is 0 Å². The minimum absolute atomic E-state index is 0.107. The summed E-state index contributed by atoms with van der Waals surface area (Å²) >= 11 is 0. The van der Waals surface area contributed by atoms with Gasteiger partial charge < -0.3 is 15.2 Å². The van der Waals surface area contributed by atoms with Crippen molar-refractivity contribution in [1.29, 1.82) is 0 Å². The first-order valence-corrected chi connectivity index (χ1v) is 10.2. The number of fused-ring (bicyclic) bond motifs is 1. The number of likely N-dealkylation sites (tertiary alicyclic amines) is 1. The molecule has 0 unspecified atom stereocenters. The predicted molar refractivity (Wildman–Crippen MR) is 99.9 cm³/mol. The van der Waals surface area contributed by atoms with Gasteiger partial charge in [0.05, 0.1) is 6.61 Å². The van der Waals surface area contributed by atoms with Crippen LogP contribution in [0.1, 0.15) is 63.0 Å². The molecule has 4 nitrogen and oxygen atoms in total. The van der Waals surface area contributed by atoms with Crippen molar-refractivity contribution in [2.75, 3.05) is 26.2 Å². The molecular weight excluding hydrogens is 312 g/mol. The van der Waals surface area contributed by atoms with Gasteiger partial charge in [-0.15, -0.1) is 0 Å². The van der Waals surface area contributed by atoms with Gasteiger partial charge in [0.15, 0.2) is 0 Å². The lowest BCUT2D eigenvalue weighted by Crippen LogP contribution is -2.49. The molecule has 1 saturated heterocycles. The molecule has 3 aliphatic rings. The molecule has 1 spiro atoms. The highest BCUT2D eigenvalue weighted by Crippen LogP contribution is 2.48. The van der Waals surface area contributed by atoms with Crippen molar-refractivity contribution in [2.24, 2.45) is 0 Å². The molecule has 0 amide bonds. The van der Waals surface area contributed by atoms with E-state index in [1.807, 2.05) is 0 Å². The van der Waals surface area contributed by atoms with Gasteiger partial charge in [-0.05, 0) is 70.6 Å². The second kappa shape index (κ2) is 7.65. The van der Waals surface area contributed by atoms with Gasteiger partial charge in [0, 0.05) is 24.1 Å². The molecule has 0 radical (unpaired) electrons. The average molecular weight is 344 g/mol. The summed E-state index contributed by atoms with van der Waals surface area (Å²) in [6.07, 6.45) is 9.63. The van der Waals surface area contributed by atoms with Crippen LogP contribution in [0, 0.1) is 0 Å². The average Bonchev–Trinajstić information content (AvgIpc) is 3.07. The van der Waals surface area contributed by atoms with Crippen molar-refractivity contribution < 1.29 is 9.84 Å². The molecule has 2 atom stereocenters. The third-order valence-corrected chi connectivity index (χ3v) is 6.43. The molecular formula is C21H32N2O2. The van der Waals surface area contributed by atoms with E-state index in [1.165, 1.54) is 44.1 Å². The molecule has 2 aliphatic heterocycles. The van der Waals surface area contributed by atoms with Crippen molar-refractivity contribution in [3.8, 4) is 5.75 Å². The van der Waals surface area contributed by atoms with Crippen molar-refractivity contribution in [1.82, 2.24) is 10.2 Å². The van der Waals surface area contributed by atoms with Gasteiger partial charge in [0.1, 0.15) is 11.4 Å². The summed E-state index contributed by atoms with van der Waals surface area (Å²) < 4.78 is 6.33. The molecule has 2 fully saturated rings. The van der Waals surface area contributed by atoms with E-state index in [0.29, 0.717) is 18.7 Å². The normalized spacial score (nSPS) is 27.7. The standard InChI is InChI=1S/C21H32N2O2/c24-16-17-7-5-14-23(17)13-4-3-12-22-19-15-21(10-6-11-21)25-20-9-2-1-8-18(19)20/h1-2,8-9,17,19,22,24H,3-7,10-16H2/t17-,19+/m1/s1. The number of aliphatic hydroxyl groups excluding tert-OH is 1. The number of hydrogen-bond acceptors (Lipinski definition) is 4. The summed E-state index contributed by atoms with van der Waals surface area (Å²) in [5, 5.41) is 13.2. The Kier molecular flexibility index (Phi) is 5.30. The van der Waals surface area contributed by atoms with E-state index in [1.54, 1.807) is 0 Å². The third-order valence-electron chi connectivity index (χ3n) is 6.43. The minimum Gasteiger partial charge on any atom is -0.487 e. The van der Waals surface area contributed by atoms with Crippen LogP contribution in [0.4, 0.5) is 0 Å². The van der Waals surface area contributed by atoms with E-state index in [0.717, 1.165) is 38.2 Å². The van der Waals surface area contributed by atoms with Crippen LogP contribution in [-0.4, -0.2) is 47.9 Å². The molecule has 2 heterocycles. The highest BCUT2D eigenvalue weighted by Gasteiger charge is 2.45. The molecule has 1 aliphatic carbocycles. The van der Waals surface area contributed by atoms with Crippen LogP contribution in [0.3, 0.4) is 0 Å². The first kappa shape index (κ1) is 17.3. The van der Waals surface area contributed by atoms with Crippen molar-refractivity contribution >= 4 is 0 Å². The summed E-state index contributed by atoms with van der Waals surface area (Å²) in [6.45, 7) is 3.67. The van der Waals surface area contributed by atoms with Gasteiger partial charge in [0.25, 0.3) is 0 Å². The molecule has 1 aromatic carbocycles. The maximum atomic E-state index is 9.41. The fourth-order valence-corrected chi connectivity index (χ4v) is 4.79. The minimum atomic E-state index is 0.107. The van der Waals surface area contributed by atoms with Crippen LogP contribution in [-0.2, 0) is 0 Å². The Labute approximate surface area is 151 Å². The van der Waals surface area contributed by atoms with Crippen molar-refractivity contribution in [3.05, 3.63) is 29.8 Å². The first-order chi connectivity index (χ1) is 12.3. The van der Waals surface area contributed by atoms with E-state index in [2.05, 4.69) is 34.5 Å². The second-order valence-electron chi connectivity index (χ2n) is 8.11. The topological polar surface area (TPSA) is 44.7 Å². The Hall–Kier alpha value is -1.10. The summed E-state index contributed by atoms with van der Waals surface area (Å²) in [6, 6.07) is 9.40. The lowest BCUT2D eigenvalue weighted by Gasteiger charge is -2.48. The number of nitrogens with one attached hydrogen (secondary N) is 1. The molecule has 4 heteroatoms. The fourth-order valence-electron chi connectivity index (χ4n) is 4.79. The molecule has 4 rings (SSSR count). The van der Waals surface area contributed by atoms with E-state index in [-0.39, 0.29) is 5.60 Å². The second-order valence-corrected chi connectivity index (χ2v) is 8.11. The van der Waals surface area contributed by atoms with Crippen LogP contribution in [0.5, 0.6) is 5.75 Å². The van der Waals surface area contributed by atoms with Crippen LogP contribution >= 0.6 is 0 Å². The Morgan fingerprint density at radius 2 is 2.08 bits per heavy atom. The zero-order chi connectivity index (χ0) is 17.1. The molecule has 1 saturated carbocycles. The highest BCUT2D eigenvalue weighted by atomic mass is 16.5. The number of rotatable bonds is 7. The SMILES string of the molecule is OC[C@H]1CCCN1CCCCN[C@H]1CC2(CCC2)Oc2ccccc21. The summed E-state index contributed by atoms with van der Waals surface area (Å²) in [5.41, 5.74) is 1.44. The first-order valence-electron chi connectivity index (χ1n) is 10.2. The Balaban J connectivity index is 1.26. The number of unbranched alkanes of at least 4 members (excludes halogenated alkanes) is 1. The van der Waals surface area contributed by atoms with Crippen molar-refractivity contribution in [2.45, 2.75) is 69.1 Å². The summed E-state index contributed by atoms with van der Waals surface area (Å²) in [4.78, 5) is 2.47. The van der Waals surface area contributed by atoms with E-state index in [9.17, 15) is 5.11 Å². The fraction of sp³-hybridized carbons (Fsp3) is 0.714. The summed E-state index contributed by atoms with van der Waals surface area (Å²) in [7, 11) is 0. The number of nitrogens with zero attached hydrogens (tertiary/aromatic N) is 1. The summed E-state index contributed by atoms with van der Waals surface area (Å²) in [5.74, 6) is 1.09. The van der Waals surface area contributed by atoms with Gasteiger partial charge in [-0.25, -0.2) is 0 Å². The number of ether oxygens (including phenoxy) is 1. The zero-order valence-corrected chi connectivity index (χ0v) is 15.3. The molecule has 25 heavy (non-hydrogen) atoms. The maximum Gasteiger partial charge on any atom is 0.124 e. The highest BCUT2D eigenvalue weighted by molar-refractivity contribution is 5.39. The van der Waals surface area contributed by atoms with Gasteiger partial charge in [-0.3, -0.25) is 4.90 Å². The quantitative estimate of drug-likeness (QED) is 0.745. The lowest BCUT2D eigenvalue weighted by atomic mass is 9.73. The van der Waals surface area contributed by atoms with Crippen LogP contribution < -0.4 is 10.1 Å². The van der Waals surface area contributed by atoms with Crippen LogP contribution in [0.2, 0.25) is 0 Å². The lowest BCUT2D eigenvalue weighted by molar-refractivity contribution is -0.0368. The van der Waals surface area contributed by atoms with Gasteiger partial charge in [-0.2, -0.15) is 0 Å². The van der Waals surface area contributed by atoms with Gasteiger partial charge in [0.2, 0.25) is 0 Å². The van der Waals surface area contributed by atoms with E-state index >= 15 is 0 Å². The maximum absolute atomic E-state index is 9.41. The van der Waals surface area contributed by atoms with E-state index < -0.39 is 0 Å². The number of benzene rings is 1. The predicted octanol–water partition coefficient (Wildman–Crippen LogP) is 3.26. The zero-order valence-electron chi connectivity index (χ0n) is 15.3. The molecule has 2 N–H and O–H groups in total. The van der Waals surface area contributed by atoms with Gasteiger partial charge in [-0.1, -0.05) is 18.2 Å². The Morgan fingerprint density at radius 1 is 1.20 bits per heavy atom. The monoisotopic (exact) mass is 344 g/mol. The van der Waals surface area contributed by atoms with Crippen LogP contribution in [0.15, 0.2) is 24.3 Å². The number of aliphatic hydroxyl groups is 1. The van der Waals surface area contributed by atoms with Gasteiger partial charge >= 0.3 is 0 Å². The van der Waals surface area contributed by atoms with Crippen molar-refractivity contribution in [3.63, 3.8) is 0 Å². The molecule has 1 aromatic rings. The Bertz CT molecular complexity index is 573. The number of hydrogen-bond donors (Lipinski definition) is 2. The third kappa shape index (κ3) is 3.71. The smallest absolute Gasteiger partial charge is 0.124 e. The molecule has 0 bridgehead atoms. The number of para-hydroxylation sites is 1. The largest absolute Gasteiger partial charge is 0.487 e. The molecule has 138 valence electrons. The Morgan fingerprint density at radius 3 is 2.88 bits per heavy atom. The van der Waals surface area contributed by atoms with E-state index in [4.69, 9.17) is 4.74 Å². The molecule has 0 aromatic heterocycles.